The summed E-state index contributed by atoms with van der Waals surface area (Å²) in [5, 5.41) is 2.90. The number of ketones is 1. The topological polar surface area (TPSA) is 80.6 Å². The first-order valence-corrected chi connectivity index (χ1v) is 10.2. The second kappa shape index (κ2) is 8.07. The van der Waals surface area contributed by atoms with Crippen molar-refractivity contribution in [3.05, 3.63) is 23.0 Å². The average molecular weight is 389 g/mol. The van der Waals surface area contributed by atoms with E-state index < -0.39 is 11.6 Å². The van der Waals surface area contributed by atoms with Crippen LogP contribution in [0.4, 0.5) is 4.79 Å². The van der Waals surface area contributed by atoms with Crippen molar-refractivity contribution in [3.63, 3.8) is 0 Å². The van der Waals surface area contributed by atoms with Gasteiger partial charge >= 0.3 is 6.03 Å². The molecule has 28 heavy (non-hydrogen) atoms. The number of aryl methyl sites for hydroxylation is 1. The van der Waals surface area contributed by atoms with Crippen LogP contribution in [0.2, 0.25) is 0 Å². The van der Waals surface area contributed by atoms with E-state index in [-0.39, 0.29) is 24.3 Å². The quantitative estimate of drug-likeness (QED) is 0.599. The molecule has 1 aliphatic carbocycles. The van der Waals surface area contributed by atoms with E-state index in [0.717, 1.165) is 42.0 Å². The van der Waals surface area contributed by atoms with E-state index in [1.165, 1.54) is 0 Å². The number of rotatable bonds is 6. The molecule has 1 aliphatic heterocycles. The molecule has 2 aliphatic rings. The molecule has 7 nitrogen and oxygen atoms in total. The molecule has 3 amide bonds. The van der Waals surface area contributed by atoms with Crippen LogP contribution in [0.5, 0.6) is 0 Å². The Hall–Kier alpha value is -2.15. The summed E-state index contributed by atoms with van der Waals surface area (Å²) in [7, 11) is 1.65. The van der Waals surface area contributed by atoms with E-state index in [2.05, 4.69) is 9.88 Å². The Balaban J connectivity index is 1.79. The number of urea groups is 1. The van der Waals surface area contributed by atoms with Gasteiger partial charge in [0.15, 0.2) is 5.78 Å². The number of nitrogens with one attached hydrogen (secondary N) is 1. The average Bonchev–Trinajstić information content (AvgIpc) is 2.93. The molecule has 1 saturated heterocycles. The molecule has 154 valence electrons. The number of aromatic nitrogens is 1. The van der Waals surface area contributed by atoms with Crippen LogP contribution < -0.4 is 5.32 Å². The highest BCUT2D eigenvalue weighted by atomic mass is 16.5. The van der Waals surface area contributed by atoms with Crippen molar-refractivity contribution in [1.82, 2.24) is 14.8 Å². The zero-order chi connectivity index (χ0) is 20.5. The molecule has 1 aromatic heterocycles. The smallest absolute Gasteiger partial charge is 0.325 e. The molecule has 1 unspecified atom stereocenters. The van der Waals surface area contributed by atoms with Crippen molar-refractivity contribution >= 4 is 17.7 Å². The minimum Gasteiger partial charge on any atom is -0.383 e. The molecular formula is C21H31N3O4. The molecule has 2 fully saturated rings. The maximum absolute atomic E-state index is 13.0. The fraction of sp³-hybridized carbons (Fsp3) is 0.667. The molecule has 1 saturated carbocycles. The lowest BCUT2D eigenvalue weighted by atomic mass is 9.90. The third-order valence-corrected chi connectivity index (χ3v) is 6.14. The number of nitrogens with zero attached hydrogens (tertiary/aromatic N) is 2. The molecular weight excluding hydrogens is 358 g/mol. The summed E-state index contributed by atoms with van der Waals surface area (Å²) in [6, 6.07) is 1.49. The number of hydrogen-bond acceptors (Lipinski definition) is 4. The van der Waals surface area contributed by atoms with Gasteiger partial charge in [0, 0.05) is 24.1 Å². The van der Waals surface area contributed by atoms with Gasteiger partial charge in [0.05, 0.1) is 19.2 Å². The molecule has 1 spiro atoms. The van der Waals surface area contributed by atoms with Crippen LogP contribution in [-0.4, -0.2) is 53.0 Å². The molecule has 0 radical (unpaired) electrons. The maximum Gasteiger partial charge on any atom is 0.325 e. The van der Waals surface area contributed by atoms with Gasteiger partial charge in [-0.3, -0.25) is 14.5 Å². The van der Waals surface area contributed by atoms with Gasteiger partial charge in [-0.25, -0.2) is 4.79 Å². The fourth-order valence-corrected chi connectivity index (χ4v) is 4.77. The van der Waals surface area contributed by atoms with E-state index >= 15 is 0 Å². The van der Waals surface area contributed by atoms with E-state index in [4.69, 9.17) is 4.74 Å². The zero-order valence-corrected chi connectivity index (χ0v) is 17.3. The molecule has 1 N–H and O–H groups in total. The normalized spacial score (nSPS) is 20.4. The highest BCUT2D eigenvalue weighted by Gasteiger charge is 2.51. The third kappa shape index (κ3) is 3.60. The predicted molar refractivity (Wildman–Crippen MR) is 106 cm³/mol. The van der Waals surface area contributed by atoms with Crippen molar-refractivity contribution in [2.75, 3.05) is 20.3 Å². The summed E-state index contributed by atoms with van der Waals surface area (Å²) in [4.78, 5) is 39.6. The Bertz CT molecular complexity index is 775. The summed E-state index contributed by atoms with van der Waals surface area (Å²) in [6.45, 7) is 6.20. The summed E-state index contributed by atoms with van der Waals surface area (Å²) in [5.74, 6) is -0.451. The van der Waals surface area contributed by atoms with Crippen LogP contribution >= 0.6 is 0 Å². The molecule has 1 aromatic rings. The van der Waals surface area contributed by atoms with Gasteiger partial charge in [0.1, 0.15) is 5.54 Å². The molecule has 7 heteroatoms. The van der Waals surface area contributed by atoms with Crippen LogP contribution in [0.3, 0.4) is 0 Å². The van der Waals surface area contributed by atoms with Crippen molar-refractivity contribution < 1.29 is 19.1 Å². The number of carbonyl (C=O) groups excluding carboxylic acids is 3. The highest BCUT2D eigenvalue weighted by Crippen LogP contribution is 2.33. The molecule has 0 aromatic carbocycles. The van der Waals surface area contributed by atoms with Crippen LogP contribution in [0, 0.1) is 13.8 Å². The van der Waals surface area contributed by atoms with Crippen molar-refractivity contribution in [1.29, 1.82) is 0 Å². The van der Waals surface area contributed by atoms with Gasteiger partial charge in [-0.1, -0.05) is 25.7 Å². The summed E-state index contributed by atoms with van der Waals surface area (Å²) >= 11 is 0. The Labute approximate surface area is 166 Å². The van der Waals surface area contributed by atoms with Crippen LogP contribution in [-0.2, 0) is 9.53 Å². The maximum atomic E-state index is 13.0. The van der Waals surface area contributed by atoms with Gasteiger partial charge in [0.25, 0.3) is 5.91 Å². The van der Waals surface area contributed by atoms with E-state index in [1.54, 1.807) is 7.11 Å². The number of ether oxygens (including phenoxy) is 1. The van der Waals surface area contributed by atoms with Gasteiger partial charge in [-0.05, 0) is 39.7 Å². The van der Waals surface area contributed by atoms with Crippen LogP contribution in [0.1, 0.15) is 73.2 Å². The van der Waals surface area contributed by atoms with Crippen molar-refractivity contribution in [2.24, 2.45) is 0 Å². The first kappa shape index (κ1) is 20.6. The number of imide groups is 1. The van der Waals surface area contributed by atoms with Gasteiger partial charge in [-0.15, -0.1) is 0 Å². The van der Waals surface area contributed by atoms with Gasteiger partial charge in [-0.2, -0.15) is 0 Å². The summed E-state index contributed by atoms with van der Waals surface area (Å²) in [5.41, 5.74) is 1.55. The SMILES string of the molecule is COCC(C)n1c(C)cc(C(=O)CN2C(=O)NC3(CCCCCC3)C2=O)c1C. The Morgan fingerprint density at radius 2 is 1.86 bits per heavy atom. The van der Waals surface area contributed by atoms with Crippen molar-refractivity contribution in [2.45, 2.75) is 70.9 Å². The molecule has 3 rings (SSSR count). The number of carbonyl (C=O) groups is 3. The first-order chi connectivity index (χ1) is 13.3. The number of hydrogen-bond donors (Lipinski definition) is 1. The molecule has 0 bridgehead atoms. The van der Waals surface area contributed by atoms with Crippen molar-refractivity contribution in [3.8, 4) is 0 Å². The van der Waals surface area contributed by atoms with Gasteiger partial charge in [0.2, 0.25) is 0 Å². The third-order valence-electron chi connectivity index (χ3n) is 6.14. The Morgan fingerprint density at radius 1 is 1.21 bits per heavy atom. The second-order valence-corrected chi connectivity index (χ2v) is 8.20. The first-order valence-electron chi connectivity index (χ1n) is 10.2. The number of amides is 3. The van der Waals surface area contributed by atoms with E-state index in [9.17, 15) is 14.4 Å². The van der Waals surface area contributed by atoms with Crippen LogP contribution in [0.25, 0.3) is 0 Å². The largest absolute Gasteiger partial charge is 0.383 e. The lowest BCUT2D eigenvalue weighted by Crippen LogP contribution is -2.46. The molecule has 1 atom stereocenters. The van der Waals surface area contributed by atoms with Crippen LogP contribution in [0.15, 0.2) is 6.07 Å². The number of methoxy groups -OCH3 is 1. The monoisotopic (exact) mass is 389 g/mol. The minimum atomic E-state index is -0.808. The Kier molecular flexibility index (Phi) is 5.93. The number of Topliss-reactive ketones (excluding diaryl/α,β-unsaturated/α-hetero) is 1. The minimum absolute atomic E-state index is 0.0949. The predicted octanol–water partition coefficient (Wildman–Crippen LogP) is 3.14. The molecule has 2 heterocycles. The second-order valence-electron chi connectivity index (χ2n) is 8.20. The summed E-state index contributed by atoms with van der Waals surface area (Å²) < 4.78 is 7.30. The fourth-order valence-electron chi connectivity index (χ4n) is 4.77. The van der Waals surface area contributed by atoms with E-state index in [1.807, 2.05) is 26.8 Å². The zero-order valence-electron chi connectivity index (χ0n) is 17.3. The lowest BCUT2D eigenvalue weighted by molar-refractivity contribution is -0.131. The summed E-state index contributed by atoms with van der Waals surface area (Å²) in [6.07, 6.45) is 5.32. The standard InChI is InChI=1S/C21H31N3O4/c1-14-11-17(16(3)24(14)15(2)13-28-4)18(25)12-23-19(26)21(22-20(23)27)9-7-5-6-8-10-21/h11,15H,5-10,12-13H2,1-4H3,(H,22,27). The lowest BCUT2D eigenvalue weighted by Gasteiger charge is -2.24. The highest BCUT2D eigenvalue weighted by molar-refractivity contribution is 6.11. The van der Waals surface area contributed by atoms with Gasteiger partial charge < -0.3 is 14.6 Å². The Morgan fingerprint density at radius 3 is 2.46 bits per heavy atom. The van der Waals surface area contributed by atoms with E-state index in [0.29, 0.717) is 25.0 Å².